The molecule has 1 aliphatic rings. The molecular formula is C54H39N. The maximum atomic E-state index is 2.42. The molecule has 0 aromatic heterocycles. The molecule has 1 heteroatoms. The van der Waals surface area contributed by atoms with E-state index in [0.717, 1.165) is 17.1 Å². The van der Waals surface area contributed by atoms with E-state index in [1.807, 2.05) is 0 Å². The molecule has 1 nitrogen and oxygen atoms in total. The lowest BCUT2D eigenvalue weighted by Gasteiger charge is -2.28. The molecule has 0 bridgehead atoms. The van der Waals surface area contributed by atoms with E-state index in [0.29, 0.717) is 0 Å². The third-order valence-electron chi connectivity index (χ3n) is 11.6. The average Bonchev–Trinajstić information content (AvgIpc) is 3.54. The smallest absolute Gasteiger partial charge is 0.0540 e. The van der Waals surface area contributed by atoms with E-state index in [2.05, 4.69) is 230 Å². The van der Waals surface area contributed by atoms with Crippen LogP contribution in [0.2, 0.25) is 0 Å². The molecule has 0 saturated heterocycles. The minimum atomic E-state index is -0.251. The second-order valence-electron chi connectivity index (χ2n) is 14.6. The van der Waals surface area contributed by atoms with Crippen LogP contribution < -0.4 is 4.90 Å². The maximum absolute atomic E-state index is 2.42. The van der Waals surface area contributed by atoms with Crippen molar-refractivity contribution in [3.05, 3.63) is 235 Å². The Balaban J connectivity index is 1.09. The van der Waals surface area contributed by atoms with Gasteiger partial charge in [0, 0.05) is 22.2 Å². The third-order valence-corrected chi connectivity index (χ3v) is 11.6. The topological polar surface area (TPSA) is 3.24 Å². The van der Waals surface area contributed by atoms with Crippen molar-refractivity contribution in [2.45, 2.75) is 12.3 Å². The lowest BCUT2D eigenvalue weighted by Crippen LogP contribution is -2.22. The minimum absolute atomic E-state index is 0.251. The van der Waals surface area contributed by atoms with Crippen LogP contribution in [-0.4, -0.2) is 0 Å². The predicted octanol–water partition coefficient (Wildman–Crippen LogP) is 14.6. The molecule has 1 unspecified atom stereocenters. The molecule has 0 radical (unpaired) electrons. The highest BCUT2D eigenvalue weighted by Gasteiger charge is 2.41. The van der Waals surface area contributed by atoms with Crippen molar-refractivity contribution in [1.82, 2.24) is 0 Å². The van der Waals surface area contributed by atoms with Crippen LogP contribution in [0.25, 0.3) is 55.3 Å². The lowest BCUT2D eigenvalue weighted by atomic mass is 9.74. The van der Waals surface area contributed by atoms with E-state index in [1.54, 1.807) is 0 Å². The van der Waals surface area contributed by atoms with Gasteiger partial charge in [0.2, 0.25) is 0 Å². The van der Waals surface area contributed by atoms with Crippen molar-refractivity contribution in [1.29, 1.82) is 0 Å². The number of hydrogen-bond donors (Lipinski definition) is 0. The Labute approximate surface area is 323 Å². The molecule has 0 amide bonds. The Kier molecular flexibility index (Phi) is 8.00. The van der Waals surface area contributed by atoms with E-state index in [4.69, 9.17) is 0 Å². The monoisotopic (exact) mass is 701 g/mol. The molecule has 0 N–H and O–H groups in total. The zero-order chi connectivity index (χ0) is 36.8. The molecule has 9 aromatic carbocycles. The first kappa shape index (κ1) is 32.7. The number of benzene rings is 9. The Hall–Kier alpha value is -6.96. The van der Waals surface area contributed by atoms with Gasteiger partial charge in [-0.3, -0.25) is 0 Å². The van der Waals surface area contributed by atoms with Crippen LogP contribution in [0, 0.1) is 0 Å². The molecule has 0 heterocycles. The van der Waals surface area contributed by atoms with Gasteiger partial charge in [-0.15, -0.1) is 0 Å². The molecule has 0 fully saturated rings. The zero-order valence-electron chi connectivity index (χ0n) is 30.7. The van der Waals surface area contributed by atoms with Crippen LogP contribution in [0.15, 0.2) is 218 Å². The molecule has 10 rings (SSSR count). The fourth-order valence-electron chi connectivity index (χ4n) is 8.80. The van der Waals surface area contributed by atoms with E-state index in [1.165, 1.54) is 72.0 Å². The Bertz CT molecular complexity index is 2800. The molecule has 55 heavy (non-hydrogen) atoms. The summed E-state index contributed by atoms with van der Waals surface area (Å²) in [5, 5.41) is 2.43. The summed E-state index contributed by atoms with van der Waals surface area (Å²) in [6.07, 6.45) is 0. The molecule has 0 aliphatic heterocycles. The van der Waals surface area contributed by atoms with Gasteiger partial charge in [0.1, 0.15) is 0 Å². The van der Waals surface area contributed by atoms with Crippen LogP contribution in [-0.2, 0) is 5.41 Å². The Morgan fingerprint density at radius 2 is 0.891 bits per heavy atom. The van der Waals surface area contributed by atoms with Crippen molar-refractivity contribution in [2.75, 3.05) is 4.90 Å². The van der Waals surface area contributed by atoms with Gasteiger partial charge in [0.25, 0.3) is 0 Å². The number of anilines is 3. The SMILES string of the molecule is CC1(c2ccccc2)c2ccccc2-c2c(-c3cccc(N(c4ccc(-c5ccc(-c6ccccc6)cc5)cc4)c4cccc5ccccc45)c3)cccc21. The Morgan fingerprint density at radius 1 is 0.364 bits per heavy atom. The van der Waals surface area contributed by atoms with E-state index in [-0.39, 0.29) is 5.41 Å². The number of rotatable bonds is 7. The van der Waals surface area contributed by atoms with Gasteiger partial charge in [-0.1, -0.05) is 188 Å². The molecular weight excluding hydrogens is 663 g/mol. The fraction of sp³-hybridized carbons (Fsp3) is 0.0370. The summed E-state index contributed by atoms with van der Waals surface area (Å²) in [6, 6.07) is 79.6. The van der Waals surface area contributed by atoms with Gasteiger partial charge in [-0.05, 0) is 104 Å². The number of hydrogen-bond acceptors (Lipinski definition) is 1. The summed E-state index contributed by atoms with van der Waals surface area (Å²) in [4.78, 5) is 2.42. The fourth-order valence-corrected chi connectivity index (χ4v) is 8.80. The van der Waals surface area contributed by atoms with Gasteiger partial charge in [-0.2, -0.15) is 0 Å². The van der Waals surface area contributed by atoms with Gasteiger partial charge in [-0.25, -0.2) is 0 Å². The second kappa shape index (κ2) is 13.5. The molecule has 1 aliphatic carbocycles. The van der Waals surface area contributed by atoms with Crippen molar-refractivity contribution in [3.63, 3.8) is 0 Å². The first-order valence-corrected chi connectivity index (χ1v) is 19.1. The minimum Gasteiger partial charge on any atom is -0.310 e. The summed E-state index contributed by atoms with van der Waals surface area (Å²) in [7, 11) is 0. The summed E-state index contributed by atoms with van der Waals surface area (Å²) < 4.78 is 0. The van der Waals surface area contributed by atoms with E-state index < -0.39 is 0 Å². The van der Waals surface area contributed by atoms with Crippen LogP contribution in [0.3, 0.4) is 0 Å². The quantitative estimate of drug-likeness (QED) is 0.160. The van der Waals surface area contributed by atoms with Gasteiger partial charge in [0.05, 0.1) is 5.69 Å². The molecule has 260 valence electrons. The highest BCUT2D eigenvalue weighted by Crippen LogP contribution is 2.55. The highest BCUT2D eigenvalue weighted by molar-refractivity contribution is 6.00. The first-order chi connectivity index (χ1) is 27.2. The Morgan fingerprint density at radius 3 is 1.65 bits per heavy atom. The lowest BCUT2D eigenvalue weighted by molar-refractivity contribution is 0.714. The van der Waals surface area contributed by atoms with Crippen molar-refractivity contribution >= 4 is 27.8 Å². The van der Waals surface area contributed by atoms with E-state index in [9.17, 15) is 0 Å². The van der Waals surface area contributed by atoms with Gasteiger partial charge in [0.15, 0.2) is 0 Å². The molecule has 0 saturated carbocycles. The van der Waals surface area contributed by atoms with Gasteiger partial charge < -0.3 is 4.90 Å². The number of fused-ring (bicyclic) bond motifs is 4. The normalized spacial score (nSPS) is 14.3. The van der Waals surface area contributed by atoms with Crippen molar-refractivity contribution in [3.8, 4) is 44.5 Å². The zero-order valence-corrected chi connectivity index (χ0v) is 30.7. The van der Waals surface area contributed by atoms with E-state index >= 15 is 0 Å². The van der Waals surface area contributed by atoms with Crippen LogP contribution in [0.5, 0.6) is 0 Å². The summed E-state index contributed by atoms with van der Waals surface area (Å²) >= 11 is 0. The van der Waals surface area contributed by atoms with Crippen LogP contribution in [0.1, 0.15) is 23.6 Å². The molecule has 0 spiro atoms. The van der Waals surface area contributed by atoms with Crippen LogP contribution in [0.4, 0.5) is 17.1 Å². The average molecular weight is 702 g/mol. The maximum Gasteiger partial charge on any atom is 0.0540 e. The third kappa shape index (κ3) is 5.56. The van der Waals surface area contributed by atoms with Crippen LogP contribution >= 0.6 is 0 Å². The molecule has 1 atom stereocenters. The van der Waals surface area contributed by atoms with Crippen molar-refractivity contribution in [2.24, 2.45) is 0 Å². The van der Waals surface area contributed by atoms with Crippen molar-refractivity contribution < 1.29 is 0 Å². The second-order valence-corrected chi connectivity index (χ2v) is 14.6. The summed E-state index contributed by atoms with van der Waals surface area (Å²) in [5.41, 5.74) is 17.0. The highest BCUT2D eigenvalue weighted by atomic mass is 15.1. The standard InChI is InChI=1S/C54H39N/c1-54(44-20-6-3-7-21-44)50-26-11-10-24-49(50)53-48(25-14-27-51(53)54)43-19-12-22-46(37-43)55(52-28-13-18-42-17-8-9-23-47(42)52)45-35-33-41(34-36-45)40-31-29-39(30-32-40)38-15-4-2-5-16-38/h2-37H,1H3. The summed E-state index contributed by atoms with van der Waals surface area (Å²) in [6.45, 7) is 2.39. The summed E-state index contributed by atoms with van der Waals surface area (Å²) in [5.74, 6) is 0. The van der Waals surface area contributed by atoms with Gasteiger partial charge >= 0.3 is 0 Å². The number of nitrogens with zero attached hydrogens (tertiary/aromatic N) is 1. The largest absolute Gasteiger partial charge is 0.310 e. The molecule has 9 aromatic rings. The first-order valence-electron chi connectivity index (χ1n) is 19.1. The predicted molar refractivity (Wildman–Crippen MR) is 232 cm³/mol.